The molecule has 3 rings (SSSR count). The van der Waals surface area contributed by atoms with Crippen LogP contribution in [0.5, 0.6) is 0 Å². The molecule has 2 amide bonds. The molecule has 0 aliphatic carbocycles. The molecule has 2 atom stereocenters. The Kier molecular flexibility index (Phi) is 5.97. The van der Waals surface area contributed by atoms with Crippen LogP contribution in [0.15, 0.2) is 24.3 Å². The van der Waals surface area contributed by atoms with Crippen LogP contribution in [0, 0.1) is 0 Å². The van der Waals surface area contributed by atoms with Gasteiger partial charge in [-0.3, -0.25) is 9.80 Å². The van der Waals surface area contributed by atoms with Crippen LogP contribution < -0.4 is 4.90 Å². The summed E-state index contributed by atoms with van der Waals surface area (Å²) in [5.74, 6) is 0. The molecule has 2 aliphatic rings. The fourth-order valence-corrected chi connectivity index (χ4v) is 3.95. The van der Waals surface area contributed by atoms with Crippen molar-refractivity contribution >= 4 is 11.7 Å². The molecule has 1 aromatic carbocycles. The maximum Gasteiger partial charge on any atom is 0.324 e. The standard InChI is InChI=1S/C20H31N3O2/c1-3-17-10-9-16-7-5-6-8-19(16)23(17)20(25)22-13-11-21(12-14-22)15-18(24)4-2/h5-8,17-18,24H,3-4,9-15H2,1-2H3/t17-,18-/m0/s1. The van der Waals surface area contributed by atoms with E-state index in [1.54, 1.807) is 0 Å². The number of hydrogen-bond acceptors (Lipinski definition) is 3. The molecule has 0 radical (unpaired) electrons. The van der Waals surface area contributed by atoms with E-state index in [1.807, 2.05) is 22.8 Å². The highest BCUT2D eigenvalue weighted by molar-refractivity contribution is 5.94. The Bertz CT molecular complexity index is 584. The van der Waals surface area contributed by atoms with E-state index in [1.165, 1.54) is 5.56 Å². The molecule has 25 heavy (non-hydrogen) atoms. The quantitative estimate of drug-likeness (QED) is 0.913. The summed E-state index contributed by atoms with van der Waals surface area (Å²) in [7, 11) is 0. The number of amides is 2. The zero-order valence-electron chi connectivity index (χ0n) is 15.5. The number of aliphatic hydroxyl groups is 1. The zero-order chi connectivity index (χ0) is 17.8. The first kappa shape index (κ1) is 18.2. The summed E-state index contributed by atoms with van der Waals surface area (Å²) in [6.45, 7) is 8.05. The van der Waals surface area contributed by atoms with E-state index in [4.69, 9.17) is 0 Å². The van der Waals surface area contributed by atoms with Crippen molar-refractivity contribution in [2.75, 3.05) is 37.6 Å². The minimum absolute atomic E-state index is 0.148. The fourth-order valence-electron chi connectivity index (χ4n) is 3.95. The predicted octanol–water partition coefficient (Wildman–Crippen LogP) is 2.73. The van der Waals surface area contributed by atoms with E-state index in [9.17, 15) is 9.90 Å². The van der Waals surface area contributed by atoms with E-state index in [0.717, 1.165) is 57.5 Å². The lowest BCUT2D eigenvalue weighted by atomic mass is 9.94. The number of aryl methyl sites for hydroxylation is 1. The van der Waals surface area contributed by atoms with Crippen LogP contribution in [0.3, 0.4) is 0 Å². The monoisotopic (exact) mass is 345 g/mol. The van der Waals surface area contributed by atoms with Gasteiger partial charge in [-0.05, 0) is 37.3 Å². The number of carbonyl (C=O) groups is 1. The van der Waals surface area contributed by atoms with Gasteiger partial charge in [0.25, 0.3) is 0 Å². The number of urea groups is 1. The normalized spacial score (nSPS) is 22.6. The summed E-state index contributed by atoms with van der Waals surface area (Å²) >= 11 is 0. The number of rotatable bonds is 4. The molecule has 0 unspecified atom stereocenters. The van der Waals surface area contributed by atoms with Crippen molar-refractivity contribution in [2.45, 2.75) is 51.7 Å². The maximum absolute atomic E-state index is 13.3. The number of piperazine rings is 1. The predicted molar refractivity (Wildman–Crippen MR) is 101 cm³/mol. The van der Waals surface area contributed by atoms with Gasteiger partial charge in [-0.15, -0.1) is 0 Å². The fraction of sp³-hybridized carbons (Fsp3) is 0.650. The largest absolute Gasteiger partial charge is 0.392 e. The van der Waals surface area contributed by atoms with Crippen LogP contribution in [-0.2, 0) is 6.42 Å². The Labute approximate surface area is 151 Å². The first-order valence-corrected chi connectivity index (χ1v) is 9.70. The van der Waals surface area contributed by atoms with Crippen molar-refractivity contribution in [3.8, 4) is 0 Å². The molecular weight excluding hydrogens is 314 g/mol. The number of fused-ring (bicyclic) bond motifs is 1. The number of nitrogens with zero attached hydrogens (tertiary/aromatic N) is 3. The second kappa shape index (κ2) is 8.19. The van der Waals surface area contributed by atoms with Gasteiger partial charge < -0.3 is 10.0 Å². The SMILES string of the molecule is CC[C@H](O)CN1CCN(C(=O)N2c3ccccc3CC[C@@H]2CC)CC1. The Morgan fingerprint density at radius 3 is 2.60 bits per heavy atom. The summed E-state index contributed by atoms with van der Waals surface area (Å²) in [5, 5.41) is 9.83. The summed E-state index contributed by atoms with van der Waals surface area (Å²) < 4.78 is 0. The first-order chi connectivity index (χ1) is 12.1. The second-order valence-electron chi connectivity index (χ2n) is 7.23. The Morgan fingerprint density at radius 2 is 1.92 bits per heavy atom. The molecule has 1 aromatic rings. The van der Waals surface area contributed by atoms with Crippen LogP contribution in [0.1, 0.15) is 38.7 Å². The topological polar surface area (TPSA) is 47.0 Å². The highest BCUT2D eigenvalue weighted by Crippen LogP contribution is 2.32. The van der Waals surface area contributed by atoms with Gasteiger partial charge in [-0.2, -0.15) is 0 Å². The lowest BCUT2D eigenvalue weighted by Gasteiger charge is -2.42. The molecule has 1 N–H and O–H groups in total. The Morgan fingerprint density at radius 1 is 1.20 bits per heavy atom. The first-order valence-electron chi connectivity index (χ1n) is 9.70. The third kappa shape index (κ3) is 3.98. The molecule has 0 bridgehead atoms. The van der Waals surface area contributed by atoms with Crippen LogP contribution in [0.2, 0.25) is 0 Å². The van der Waals surface area contributed by atoms with Gasteiger partial charge >= 0.3 is 6.03 Å². The number of anilines is 1. The number of para-hydroxylation sites is 1. The molecule has 5 nitrogen and oxygen atoms in total. The summed E-state index contributed by atoms with van der Waals surface area (Å²) in [5.41, 5.74) is 2.37. The smallest absolute Gasteiger partial charge is 0.324 e. The van der Waals surface area contributed by atoms with Crippen molar-refractivity contribution in [2.24, 2.45) is 0 Å². The molecule has 2 heterocycles. The van der Waals surface area contributed by atoms with Gasteiger partial charge in [0.15, 0.2) is 0 Å². The number of aliphatic hydroxyl groups excluding tert-OH is 1. The number of benzene rings is 1. The Balaban J connectivity index is 1.68. The van der Waals surface area contributed by atoms with E-state index < -0.39 is 0 Å². The van der Waals surface area contributed by atoms with Crippen molar-refractivity contribution < 1.29 is 9.90 Å². The molecule has 138 valence electrons. The van der Waals surface area contributed by atoms with Crippen LogP contribution >= 0.6 is 0 Å². The number of hydrogen-bond donors (Lipinski definition) is 1. The van der Waals surface area contributed by atoms with E-state index in [-0.39, 0.29) is 12.1 Å². The third-order valence-electron chi connectivity index (χ3n) is 5.62. The van der Waals surface area contributed by atoms with E-state index in [0.29, 0.717) is 12.6 Å². The van der Waals surface area contributed by atoms with Crippen molar-refractivity contribution in [3.63, 3.8) is 0 Å². The molecule has 1 saturated heterocycles. The molecule has 5 heteroatoms. The van der Waals surface area contributed by atoms with Gasteiger partial charge in [0, 0.05) is 44.5 Å². The zero-order valence-corrected chi connectivity index (χ0v) is 15.5. The summed E-state index contributed by atoms with van der Waals surface area (Å²) in [4.78, 5) is 19.5. The van der Waals surface area contributed by atoms with Crippen LogP contribution in [-0.4, -0.2) is 65.8 Å². The van der Waals surface area contributed by atoms with Gasteiger partial charge in [-0.25, -0.2) is 4.79 Å². The molecule has 1 fully saturated rings. The van der Waals surface area contributed by atoms with Gasteiger partial charge in [0.2, 0.25) is 0 Å². The Hall–Kier alpha value is -1.59. The van der Waals surface area contributed by atoms with Gasteiger partial charge in [0.05, 0.1) is 6.10 Å². The summed E-state index contributed by atoms with van der Waals surface area (Å²) in [6, 6.07) is 8.76. The van der Waals surface area contributed by atoms with Crippen LogP contribution in [0.25, 0.3) is 0 Å². The minimum Gasteiger partial charge on any atom is -0.392 e. The molecular formula is C20H31N3O2. The highest BCUT2D eigenvalue weighted by atomic mass is 16.3. The van der Waals surface area contributed by atoms with E-state index >= 15 is 0 Å². The number of carbonyl (C=O) groups excluding carboxylic acids is 1. The average molecular weight is 345 g/mol. The van der Waals surface area contributed by atoms with Gasteiger partial charge in [0.1, 0.15) is 0 Å². The molecule has 0 saturated carbocycles. The van der Waals surface area contributed by atoms with E-state index in [2.05, 4.69) is 30.0 Å². The third-order valence-corrected chi connectivity index (χ3v) is 5.62. The van der Waals surface area contributed by atoms with Crippen molar-refractivity contribution in [3.05, 3.63) is 29.8 Å². The molecule has 0 spiro atoms. The molecule has 2 aliphatic heterocycles. The molecule has 0 aromatic heterocycles. The summed E-state index contributed by atoms with van der Waals surface area (Å²) in [6.07, 6.45) is 3.61. The average Bonchev–Trinajstić information content (AvgIpc) is 2.67. The van der Waals surface area contributed by atoms with Gasteiger partial charge in [-0.1, -0.05) is 32.0 Å². The lowest BCUT2D eigenvalue weighted by molar-refractivity contribution is 0.0798. The second-order valence-corrected chi connectivity index (χ2v) is 7.23. The highest BCUT2D eigenvalue weighted by Gasteiger charge is 2.33. The van der Waals surface area contributed by atoms with Crippen LogP contribution in [0.4, 0.5) is 10.5 Å². The lowest BCUT2D eigenvalue weighted by Crippen LogP contribution is -2.56. The minimum atomic E-state index is -0.263. The van der Waals surface area contributed by atoms with Crippen molar-refractivity contribution in [1.82, 2.24) is 9.80 Å². The number of β-amino-alcohol motifs (C(OH)–C–C–N with tert-alkyl or cyclic N) is 1. The maximum atomic E-state index is 13.3. The van der Waals surface area contributed by atoms with Crippen molar-refractivity contribution in [1.29, 1.82) is 0 Å².